The Labute approximate surface area is 117 Å². The molecule has 2 rings (SSSR count). The molecule has 0 aliphatic heterocycles. The van der Waals surface area contributed by atoms with Crippen molar-refractivity contribution in [2.75, 3.05) is 0 Å². The van der Waals surface area contributed by atoms with Crippen LogP contribution in [0.3, 0.4) is 0 Å². The lowest BCUT2D eigenvalue weighted by atomic mass is 10.2. The Morgan fingerprint density at radius 2 is 2.33 bits per heavy atom. The van der Waals surface area contributed by atoms with Gasteiger partial charge in [-0.1, -0.05) is 0 Å². The summed E-state index contributed by atoms with van der Waals surface area (Å²) in [6.07, 6.45) is 0. The maximum atomic E-state index is 11.8. The lowest BCUT2D eigenvalue weighted by Crippen LogP contribution is -2.22. The number of aromatic hydroxyl groups is 1. The molecule has 0 saturated heterocycles. The molecule has 0 unspecified atom stereocenters. The van der Waals surface area contributed by atoms with E-state index in [-0.39, 0.29) is 11.7 Å². The van der Waals surface area contributed by atoms with E-state index < -0.39 is 0 Å². The molecule has 2 aromatic rings. The molecule has 0 spiro atoms. The maximum Gasteiger partial charge on any atom is 0.251 e. The molecule has 2 N–H and O–H groups in total. The van der Waals surface area contributed by atoms with Crippen molar-refractivity contribution < 1.29 is 9.90 Å². The fraction of sp³-hybridized carbons (Fsp3) is 0.167. The summed E-state index contributed by atoms with van der Waals surface area (Å²) in [6, 6.07) is 4.70. The number of hydrogen-bond acceptors (Lipinski definition) is 4. The molecule has 1 aromatic heterocycles. The van der Waals surface area contributed by atoms with Crippen LogP contribution in [0.1, 0.15) is 21.1 Å². The number of phenolic OH excluding ortho intramolecular Hbond substituents is 1. The average Bonchev–Trinajstić information content (AvgIpc) is 2.75. The maximum absolute atomic E-state index is 11.8. The van der Waals surface area contributed by atoms with Gasteiger partial charge >= 0.3 is 0 Å². The minimum atomic E-state index is -0.231. The molecule has 18 heavy (non-hydrogen) atoms. The number of carbonyl (C=O) groups excluding carboxylic acids is 1. The minimum absolute atomic E-state index is 0.0488. The first-order valence-corrected chi connectivity index (χ1v) is 6.91. The van der Waals surface area contributed by atoms with Gasteiger partial charge in [-0.15, -0.1) is 11.3 Å². The number of rotatable bonds is 3. The van der Waals surface area contributed by atoms with Gasteiger partial charge in [0.05, 0.1) is 11.0 Å². The molecule has 0 atom stereocenters. The summed E-state index contributed by atoms with van der Waals surface area (Å²) in [4.78, 5) is 16.1. The summed E-state index contributed by atoms with van der Waals surface area (Å²) in [5.41, 5.74) is 1.37. The van der Waals surface area contributed by atoms with Crippen molar-refractivity contribution in [2.24, 2.45) is 0 Å². The van der Waals surface area contributed by atoms with E-state index in [1.54, 1.807) is 12.1 Å². The highest BCUT2D eigenvalue weighted by Crippen LogP contribution is 2.24. The van der Waals surface area contributed by atoms with Crippen LogP contribution < -0.4 is 5.32 Å². The molecule has 0 fully saturated rings. The summed E-state index contributed by atoms with van der Waals surface area (Å²) in [5.74, 6) is -0.182. The van der Waals surface area contributed by atoms with Crippen molar-refractivity contribution in [3.05, 3.63) is 44.3 Å². The van der Waals surface area contributed by atoms with Gasteiger partial charge in [-0.2, -0.15) is 0 Å². The molecule has 94 valence electrons. The normalized spacial score (nSPS) is 10.3. The Bertz CT molecular complexity index is 583. The van der Waals surface area contributed by atoms with E-state index >= 15 is 0 Å². The van der Waals surface area contributed by atoms with Gasteiger partial charge in [-0.05, 0) is 41.1 Å². The van der Waals surface area contributed by atoms with Crippen LogP contribution in [0.5, 0.6) is 5.75 Å². The molecular formula is C12H11BrN2O2S. The Morgan fingerprint density at radius 1 is 1.56 bits per heavy atom. The van der Waals surface area contributed by atoms with E-state index in [0.717, 1.165) is 10.7 Å². The Hall–Kier alpha value is -1.40. The highest BCUT2D eigenvalue weighted by molar-refractivity contribution is 9.10. The van der Waals surface area contributed by atoms with E-state index in [1.165, 1.54) is 17.4 Å². The second-order valence-corrected chi connectivity index (χ2v) is 5.53. The zero-order chi connectivity index (χ0) is 13.1. The SMILES string of the molecule is Cc1csc(CNC(=O)c2ccc(Br)c(O)c2)n1. The van der Waals surface area contributed by atoms with Crippen LogP contribution >= 0.6 is 27.3 Å². The number of amides is 1. The third kappa shape index (κ3) is 3.08. The molecule has 1 aromatic carbocycles. The highest BCUT2D eigenvalue weighted by Gasteiger charge is 2.08. The van der Waals surface area contributed by atoms with Gasteiger partial charge in [0, 0.05) is 16.6 Å². The second kappa shape index (κ2) is 5.49. The van der Waals surface area contributed by atoms with Crippen LogP contribution in [-0.2, 0) is 6.54 Å². The summed E-state index contributed by atoms with van der Waals surface area (Å²) >= 11 is 4.68. The largest absolute Gasteiger partial charge is 0.507 e. The van der Waals surface area contributed by atoms with E-state index in [2.05, 4.69) is 26.2 Å². The van der Waals surface area contributed by atoms with Crippen molar-refractivity contribution in [1.82, 2.24) is 10.3 Å². The molecule has 4 nitrogen and oxygen atoms in total. The van der Waals surface area contributed by atoms with Crippen molar-refractivity contribution >= 4 is 33.2 Å². The number of aromatic nitrogens is 1. The molecule has 1 amide bonds. The summed E-state index contributed by atoms with van der Waals surface area (Å²) in [7, 11) is 0. The number of carbonyl (C=O) groups is 1. The van der Waals surface area contributed by atoms with E-state index in [9.17, 15) is 9.90 Å². The van der Waals surface area contributed by atoms with Crippen molar-refractivity contribution in [1.29, 1.82) is 0 Å². The fourth-order valence-corrected chi connectivity index (χ4v) is 2.35. The van der Waals surface area contributed by atoms with Gasteiger partial charge < -0.3 is 10.4 Å². The van der Waals surface area contributed by atoms with Crippen LogP contribution in [0, 0.1) is 6.92 Å². The number of aryl methyl sites for hydroxylation is 1. The number of thiazole rings is 1. The topological polar surface area (TPSA) is 62.2 Å². The van der Waals surface area contributed by atoms with Gasteiger partial charge in [0.2, 0.25) is 0 Å². The fourth-order valence-electron chi connectivity index (χ4n) is 1.40. The quantitative estimate of drug-likeness (QED) is 0.911. The Balaban J connectivity index is 2.01. The van der Waals surface area contributed by atoms with Gasteiger partial charge in [0.25, 0.3) is 5.91 Å². The number of nitrogens with one attached hydrogen (secondary N) is 1. The van der Waals surface area contributed by atoms with E-state index in [0.29, 0.717) is 16.6 Å². The van der Waals surface area contributed by atoms with Crippen molar-refractivity contribution in [3.63, 3.8) is 0 Å². The van der Waals surface area contributed by atoms with E-state index in [1.807, 2.05) is 12.3 Å². The standard InChI is InChI=1S/C12H11BrN2O2S/c1-7-6-18-11(15-7)5-14-12(17)8-2-3-9(13)10(16)4-8/h2-4,6,16H,5H2,1H3,(H,14,17). The number of nitrogens with zero attached hydrogens (tertiary/aromatic N) is 1. The molecule has 0 aliphatic rings. The molecular weight excluding hydrogens is 316 g/mol. The zero-order valence-corrected chi connectivity index (χ0v) is 12.0. The molecule has 0 bridgehead atoms. The summed E-state index contributed by atoms with van der Waals surface area (Å²) < 4.78 is 0.564. The van der Waals surface area contributed by atoms with Crippen LogP contribution in [0.15, 0.2) is 28.1 Å². The molecule has 0 saturated carbocycles. The van der Waals surface area contributed by atoms with Crippen LogP contribution in [-0.4, -0.2) is 16.0 Å². The summed E-state index contributed by atoms with van der Waals surface area (Å²) in [6.45, 7) is 2.31. The zero-order valence-electron chi connectivity index (χ0n) is 9.61. The average molecular weight is 327 g/mol. The molecule has 0 aliphatic carbocycles. The smallest absolute Gasteiger partial charge is 0.251 e. The molecule has 6 heteroatoms. The van der Waals surface area contributed by atoms with Crippen LogP contribution in [0.25, 0.3) is 0 Å². The van der Waals surface area contributed by atoms with Gasteiger partial charge in [0.15, 0.2) is 0 Å². The van der Waals surface area contributed by atoms with Gasteiger partial charge in [-0.25, -0.2) is 4.98 Å². The molecule has 1 heterocycles. The van der Waals surface area contributed by atoms with E-state index in [4.69, 9.17) is 0 Å². The molecule has 0 radical (unpaired) electrons. The lowest BCUT2D eigenvalue weighted by molar-refractivity contribution is 0.0950. The first-order chi connectivity index (χ1) is 8.56. The predicted molar refractivity (Wildman–Crippen MR) is 73.8 cm³/mol. The first kappa shape index (κ1) is 13.0. The number of benzene rings is 1. The van der Waals surface area contributed by atoms with Crippen LogP contribution in [0.2, 0.25) is 0 Å². The number of hydrogen-bond donors (Lipinski definition) is 2. The third-order valence-corrected chi connectivity index (χ3v) is 3.91. The van der Waals surface area contributed by atoms with Crippen molar-refractivity contribution in [2.45, 2.75) is 13.5 Å². The Kier molecular flexibility index (Phi) is 3.98. The number of halogens is 1. The van der Waals surface area contributed by atoms with Gasteiger partial charge in [0.1, 0.15) is 10.8 Å². The van der Waals surface area contributed by atoms with Gasteiger partial charge in [-0.3, -0.25) is 4.79 Å². The number of phenols is 1. The van der Waals surface area contributed by atoms with Crippen molar-refractivity contribution in [3.8, 4) is 5.75 Å². The third-order valence-electron chi connectivity index (χ3n) is 2.28. The predicted octanol–water partition coefficient (Wildman–Crippen LogP) is 2.85. The summed E-state index contributed by atoms with van der Waals surface area (Å²) in [5, 5.41) is 15.1. The first-order valence-electron chi connectivity index (χ1n) is 5.24. The monoisotopic (exact) mass is 326 g/mol. The van der Waals surface area contributed by atoms with Crippen LogP contribution in [0.4, 0.5) is 0 Å². The second-order valence-electron chi connectivity index (χ2n) is 3.73. The lowest BCUT2D eigenvalue weighted by Gasteiger charge is -2.04. The Morgan fingerprint density at radius 3 is 2.94 bits per heavy atom. The highest BCUT2D eigenvalue weighted by atomic mass is 79.9. The minimum Gasteiger partial charge on any atom is -0.507 e.